The third kappa shape index (κ3) is 3.00. The lowest BCUT2D eigenvalue weighted by Crippen LogP contribution is -1.98. The Morgan fingerprint density at radius 1 is 1.36 bits per heavy atom. The first-order valence-corrected chi connectivity index (χ1v) is 6.12. The number of para-hydroxylation sites is 1. The molecule has 0 unspecified atom stereocenters. The van der Waals surface area contributed by atoms with E-state index in [1.54, 1.807) is 0 Å². The highest BCUT2D eigenvalue weighted by Crippen LogP contribution is 2.18. The summed E-state index contributed by atoms with van der Waals surface area (Å²) in [6.45, 7) is 0. The summed E-state index contributed by atoms with van der Waals surface area (Å²) in [5.74, 6) is 0. The van der Waals surface area contributed by atoms with Gasteiger partial charge < -0.3 is 0 Å². The van der Waals surface area contributed by atoms with Crippen molar-refractivity contribution in [2.75, 3.05) is 0 Å². The zero-order valence-electron chi connectivity index (χ0n) is 6.69. The molecule has 6 nitrogen and oxygen atoms in total. The van der Waals surface area contributed by atoms with Crippen LogP contribution in [0.4, 0.5) is 5.69 Å². The largest absolute Gasteiger partial charge is 0.437 e. The van der Waals surface area contributed by atoms with Gasteiger partial charge in [-0.05, 0) is 0 Å². The topological polar surface area (TPSA) is 101 Å². The van der Waals surface area contributed by atoms with Crippen LogP contribution >= 0.6 is 0 Å². The van der Waals surface area contributed by atoms with Crippen molar-refractivity contribution < 1.29 is 18.2 Å². The van der Waals surface area contributed by atoms with Gasteiger partial charge in [0.05, 0.1) is 4.92 Å². The number of benzene rings is 1. The fraction of sp³-hybridized carbons (Fsp3) is 0. The molecular formula is C6H6NO5S2+. The maximum absolute atomic E-state index is 10.6. The maximum Gasteiger partial charge on any atom is 0.437 e. The normalized spacial score (nSPS) is 11.0. The van der Waals surface area contributed by atoms with Crippen molar-refractivity contribution in [2.24, 2.45) is 0 Å². The first-order valence-electron chi connectivity index (χ1n) is 3.32. The second kappa shape index (κ2) is 3.96. The van der Waals surface area contributed by atoms with E-state index in [1.165, 1.54) is 24.3 Å². The summed E-state index contributed by atoms with van der Waals surface area (Å²) in [6.07, 6.45) is 0. The SMILES string of the molecule is O=[N+]([O-])c1ccccc1[S+]=S(=O)(O)O. The molecule has 0 radical (unpaired) electrons. The van der Waals surface area contributed by atoms with Gasteiger partial charge in [-0.1, -0.05) is 12.1 Å². The second-order valence-electron chi connectivity index (χ2n) is 2.26. The molecule has 8 heteroatoms. The Bertz CT molecular complexity index is 469. The molecule has 1 aromatic carbocycles. The predicted molar refractivity (Wildman–Crippen MR) is 52.1 cm³/mol. The third-order valence-electron chi connectivity index (χ3n) is 1.26. The molecule has 0 aromatic heterocycles. The third-order valence-corrected chi connectivity index (χ3v) is 3.19. The Hall–Kier alpha value is -1.09. The molecule has 0 saturated heterocycles. The van der Waals surface area contributed by atoms with Crippen LogP contribution in [0.1, 0.15) is 0 Å². The molecule has 0 fully saturated rings. The van der Waals surface area contributed by atoms with Gasteiger partial charge >= 0.3 is 30.0 Å². The molecule has 0 spiro atoms. The van der Waals surface area contributed by atoms with Crippen molar-refractivity contribution in [2.45, 2.75) is 4.90 Å². The van der Waals surface area contributed by atoms with Crippen molar-refractivity contribution in [1.29, 1.82) is 0 Å². The first kappa shape index (κ1) is 11.0. The molecule has 0 aliphatic rings. The number of rotatable bonds is 2. The van der Waals surface area contributed by atoms with Crippen LogP contribution in [0.3, 0.4) is 0 Å². The molecule has 2 N–H and O–H groups in total. The number of nitro benzene ring substituents is 1. The van der Waals surface area contributed by atoms with E-state index < -0.39 is 14.0 Å². The fourth-order valence-corrected chi connectivity index (χ4v) is 2.52. The fourth-order valence-electron chi connectivity index (χ4n) is 0.795. The lowest BCUT2D eigenvalue weighted by molar-refractivity contribution is -0.387. The minimum absolute atomic E-state index is 0.0486. The molecule has 1 rings (SSSR count). The number of hydrogen-bond donors (Lipinski definition) is 2. The van der Waals surface area contributed by atoms with Crippen LogP contribution in [0, 0.1) is 10.1 Å². The summed E-state index contributed by atoms with van der Waals surface area (Å²) in [5, 5.41) is 10.4. The highest BCUT2D eigenvalue weighted by Gasteiger charge is 2.25. The summed E-state index contributed by atoms with van der Waals surface area (Å²) in [7, 11) is -3.92. The van der Waals surface area contributed by atoms with Gasteiger partial charge in [0.1, 0.15) is 0 Å². The summed E-state index contributed by atoms with van der Waals surface area (Å²) >= 11 is 0. The van der Waals surface area contributed by atoms with Crippen molar-refractivity contribution >= 4 is 25.1 Å². The number of nitro groups is 1. The van der Waals surface area contributed by atoms with Gasteiger partial charge in [-0.2, -0.15) is 4.21 Å². The Kier molecular flexibility index (Phi) is 3.11. The minimum Gasteiger partial charge on any atom is -0.258 e. The molecule has 0 saturated carbocycles. The quantitative estimate of drug-likeness (QED) is 0.456. The van der Waals surface area contributed by atoms with Gasteiger partial charge in [0, 0.05) is 12.1 Å². The van der Waals surface area contributed by atoms with Gasteiger partial charge in [-0.15, -0.1) is 0 Å². The van der Waals surface area contributed by atoms with Crippen LogP contribution in [-0.4, -0.2) is 18.2 Å². The highest BCUT2D eigenvalue weighted by atomic mass is 32.9. The molecule has 14 heavy (non-hydrogen) atoms. The molecule has 76 valence electrons. The predicted octanol–water partition coefficient (Wildman–Crippen LogP) is 1.18. The Balaban J connectivity index is 3.36. The summed E-state index contributed by atoms with van der Waals surface area (Å²) in [5.41, 5.74) is -0.312. The van der Waals surface area contributed by atoms with E-state index in [9.17, 15) is 14.3 Å². The molecule has 0 aliphatic carbocycles. The van der Waals surface area contributed by atoms with E-state index in [4.69, 9.17) is 9.11 Å². The second-order valence-corrected chi connectivity index (χ2v) is 5.56. The zero-order valence-corrected chi connectivity index (χ0v) is 8.33. The van der Waals surface area contributed by atoms with E-state index in [1.807, 2.05) is 0 Å². The van der Waals surface area contributed by atoms with Crippen molar-refractivity contribution in [3.63, 3.8) is 0 Å². The highest BCUT2D eigenvalue weighted by molar-refractivity contribution is 8.34. The molecule has 0 bridgehead atoms. The number of hydrogen-bond acceptors (Lipinski definition) is 3. The average molecular weight is 236 g/mol. The summed E-state index contributed by atoms with van der Waals surface area (Å²) in [6, 6.07) is 5.38. The van der Waals surface area contributed by atoms with Gasteiger partial charge in [-0.25, -0.2) is 0 Å². The van der Waals surface area contributed by atoms with Crippen LogP contribution in [0.25, 0.3) is 0 Å². The van der Waals surface area contributed by atoms with E-state index in [-0.39, 0.29) is 20.9 Å². The van der Waals surface area contributed by atoms with Crippen LogP contribution in [-0.2, 0) is 19.4 Å². The first-order chi connectivity index (χ1) is 6.40. The van der Waals surface area contributed by atoms with Crippen LogP contribution in [0.2, 0.25) is 0 Å². The van der Waals surface area contributed by atoms with E-state index >= 15 is 0 Å². The van der Waals surface area contributed by atoms with E-state index in [0.717, 1.165) is 0 Å². The van der Waals surface area contributed by atoms with Crippen molar-refractivity contribution in [3.05, 3.63) is 34.4 Å². The van der Waals surface area contributed by atoms with Crippen molar-refractivity contribution in [3.8, 4) is 0 Å². The molecular weight excluding hydrogens is 230 g/mol. The monoisotopic (exact) mass is 236 g/mol. The molecule has 0 aliphatic heterocycles. The average Bonchev–Trinajstić information content (AvgIpc) is 2.01. The Labute approximate surface area is 83.0 Å². The minimum atomic E-state index is -4.07. The van der Waals surface area contributed by atoms with Crippen LogP contribution in [0.5, 0.6) is 0 Å². The van der Waals surface area contributed by atoms with Crippen LogP contribution < -0.4 is 0 Å². The lowest BCUT2D eigenvalue weighted by Gasteiger charge is -1.87. The van der Waals surface area contributed by atoms with Crippen molar-refractivity contribution in [1.82, 2.24) is 0 Å². The molecule has 0 atom stereocenters. The summed E-state index contributed by atoms with van der Waals surface area (Å²) < 4.78 is 27.8. The molecule has 0 heterocycles. The van der Waals surface area contributed by atoms with Gasteiger partial charge in [-0.3, -0.25) is 19.2 Å². The summed E-state index contributed by atoms with van der Waals surface area (Å²) in [4.78, 5) is 9.71. The Morgan fingerprint density at radius 3 is 2.43 bits per heavy atom. The zero-order chi connectivity index (χ0) is 10.8. The number of nitrogens with zero attached hydrogens (tertiary/aromatic N) is 1. The van der Waals surface area contributed by atoms with E-state index in [0.29, 0.717) is 0 Å². The maximum atomic E-state index is 10.6. The van der Waals surface area contributed by atoms with Crippen LogP contribution in [0.15, 0.2) is 29.2 Å². The lowest BCUT2D eigenvalue weighted by atomic mass is 10.3. The van der Waals surface area contributed by atoms with Gasteiger partial charge in [0.25, 0.3) is 0 Å². The standard InChI is InChI=1S/C6H5NO5S2/c8-7(9)5-3-1-2-4-6(5)13-14(10,11)12/h1-4H,(H-,10,11,12)/p+1. The smallest absolute Gasteiger partial charge is 0.258 e. The van der Waals surface area contributed by atoms with Gasteiger partial charge in [0.15, 0.2) is 0 Å². The Morgan fingerprint density at radius 2 is 1.93 bits per heavy atom. The molecule has 0 amide bonds. The van der Waals surface area contributed by atoms with E-state index in [2.05, 4.69) is 0 Å². The molecule has 1 aromatic rings. The van der Waals surface area contributed by atoms with Gasteiger partial charge in [0.2, 0.25) is 0 Å².